The molecular weight excluding hydrogens is 256 g/mol. The van der Waals surface area contributed by atoms with Crippen LogP contribution in [0.15, 0.2) is 30.3 Å². The fourth-order valence-electron chi connectivity index (χ4n) is 1.67. The van der Waals surface area contributed by atoms with E-state index in [9.17, 15) is 9.59 Å². The Morgan fingerprint density at radius 1 is 1.30 bits per heavy atom. The Balaban J connectivity index is 2.62. The smallest absolute Gasteiger partial charge is 0.323 e. The van der Waals surface area contributed by atoms with Crippen LogP contribution in [0.25, 0.3) is 0 Å². The molecule has 1 rings (SSSR count). The average Bonchev–Trinajstić information content (AvgIpc) is 2.44. The number of carboxylic acid groups (broad SMARTS) is 1. The molecule has 0 fully saturated rings. The van der Waals surface area contributed by atoms with Gasteiger partial charge in [0, 0.05) is 7.05 Å². The highest BCUT2D eigenvalue weighted by atomic mass is 16.4. The Hall–Kier alpha value is -1.88. The van der Waals surface area contributed by atoms with Crippen molar-refractivity contribution in [3.05, 3.63) is 35.9 Å². The Labute approximate surface area is 119 Å². The third-order valence-corrected chi connectivity index (χ3v) is 3.47. The molecule has 20 heavy (non-hydrogen) atoms. The molecule has 0 spiro atoms. The minimum absolute atomic E-state index is 0.00697. The van der Waals surface area contributed by atoms with Crippen LogP contribution in [0.5, 0.6) is 0 Å². The summed E-state index contributed by atoms with van der Waals surface area (Å²) in [5, 5.41) is 11.7. The van der Waals surface area contributed by atoms with E-state index in [1.807, 2.05) is 37.3 Å². The largest absolute Gasteiger partial charge is 0.480 e. The number of rotatable bonds is 6. The van der Waals surface area contributed by atoms with E-state index >= 15 is 0 Å². The summed E-state index contributed by atoms with van der Waals surface area (Å²) in [6, 6.07) is 9.64. The van der Waals surface area contributed by atoms with Gasteiger partial charge in [-0.1, -0.05) is 30.3 Å². The number of carbonyl (C=O) groups is 2. The third kappa shape index (κ3) is 4.06. The molecule has 0 bridgehead atoms. The van der Waals surface area contributed by atoms with Gasteiger partial charge in [0.15, 0.2) is 0 Å². The van der Waals surface area contributed by atoms with Crippen molar-refractivity contribution in [3.8, 4) is 0 Å². The summed E-state index contributed by atoms with van der Waals surface area (Å²) in [4.78, 5) is 24.7. The summed E-state index contributed by atoms with van der Waals surface area (Å²) in [5.41, 5.74) is -0.0761. The van der Waals surface area contributed by atoms with Crippen LogP contribution in [0.2, 0.25) is 0 Å². The predicted molar refractivity (Wildman–Crippen MR) is 77.3 cm³/mol. The zero-order valence-electron chi connectivity index (χ0n) is 12.4. The fourth-order valence-corrected chi connectivity index (χ4v) is 1.67. The van der Waals surface area contributed by atoms with Crippen molar-refractivity contribution in [1.82, 2.24) is 10.2 Å². The molecule has 110 valence electrons. The van der Waals surface area contributed by atoms with Crippen LogP contribution in [0, 0.1) is 0 Å². The lowest BCUT2D eigenvalue weighted by Crippen LogP contribution is -2.50. The summed E-state index contributed by atoms with van der Waals surface area (Å²) >= 11 is 0. The number of carbonyl (C=O) groups excluding carboxylic acids is 1. The van der Waals surface area contributed by atoms with E-state index in [1.54, 1.807) is 11.9 Å². The molecule has 2 N–H and O–H groups in total. The quantitative estimate of drug-likeness (QED) is 0.830. The van der Waals surface area contributed by atoms with Gasteiger partial charge in [-0.3, -0.25) is 14.9 Å². The first-order valence-electron chi connectivity index (χ1n) is 6.54. The van der Waals surface area contributed by atoms with Gasteiger partial charge in [-0.25, -0.2) is 0 Å². The maximum atomic E-state index is 12.1. The van der Waals surface area contributed by atoms with Crippen LogP contribution in [0.3, 0.4) is 0 Å². The van der Waals surface area contributed by atoms with Gasteiger partial charge < -0.3 is 10.0 Å². The lowest BCUT2D eigenvalue weighted by molar-refractivity contribution is -0.143. The van der Waals surface area contributed by atoms with Gasteiger partial charge >= 0.3 is 5.97 Å². The number of nitrogens with one attached hydrogen (secondary N) is 1. The van der Waals surface area contributed by atoms with Crippen molar-refractivity contribution in [1.29, 1.82) is 0 Å². The van der Waals surface area contributed by atoms with Gasteiger partial charge in [-0.15, -0.1) is 0 Å². The lowest BCUT2D eigenvalue weighted by Gasteiger charge is -2.27. The molecular formula is C15H22N2O3. The van der Waals surface area contributed by atoms with E-state index in [0.29, 0.717) is 0 Å². The van der Waals surface area contributed by atoms with E-state index in [0.717, 1.165) is 5.56 Å². The van der Waals surface area contributed by atoms with E-state index in [1.165, 1.54) is 13.8 Å². The number of benzene rings is 1. The van der Waals surface area contributed by atoms with Crippen molar-refractivity contribution >= 4 is 11.9 Å². The van der Waals surface area contributed by atoms with Gasteiger partial charge in [0.25, 0.3) is 0 Å². The first-order valence-corrected chi connectivity index (χ1v) is 6.54. The zero-order chi connectivity index (χ0) is 15.3. The number of hydrogen-bond donors (Lipinski definition) is 2. The van der Waals surface area contributed by atoms with Crippen LogP contribution in [0.4, 0.5) is 0 Å². The summed E-state index contributed by atoms with van der Waals surface area (Å²) < 4.78 is 0. The Kier molecular flexibility index (Phi) is 5.27. The Morgan fingerprint density at radius 3 is 2.35 bits per heavy atom. The Morgan fingerprint density at radius 2 is 1.85 bits per heavy atom. The van der Waals surface area contributed by atoms with Crippen LogP contribution in [-0.2, 0) is 9.59 Å². The molecule has 0 heterocycles. The molecule has 1 amide bonds. The van der Waals surface area contributed by atoms with Gasteiger partial charge in [-0.05, 0) is 26.3 Å². The van der Waals surface area contributed by atoms with Crippen LogP contribution in [0.1, 0.15) is 32.4 Å². The molecule has 1 atom stereocenters. The second kappa shape index (κ2) is 6.52. The number of hydrogen-bond acceptors (Lipinski definition) is 3. The molecule has 0 saturated heterocycles. The van der Waals surface area contributed by atoms with Crippen LogP contribution < -0.4 is 5.32 Å². The van der Waals surface area contributed by atoms with Gasteiger partial charge in [0.05, 0.1) is 12.6 Å². The van der Waals surface area contributed by atoms with Crippen molar-refractivity contribution in [3.63, 3.8) is 0 Å². The topological polar surface area (TPSA) is 69.6 Å². The normalized spacial score (nSPS) is 12.8. The number of carboxylic acids is 1. The van der Waals surface area contributed by atoms with E-state index < -0.39 is 11.5 Å². The van der Waals surface area contributed by atoms with Crippen LogP contribution >= 0.6 is 0 Å². The molecule has 0 aromatic heterocycles. The van der Waals surface area contributed by atoms with Gasteiger partial charge in [0.1, 0.15) is 5.54 Å². The first kappa shape index (κ1) is 16.2. The molecule has 5 heteroatoms. The van der Waals surface area contributed by atoms with Gasteiger partial charge in [0.2, 0.25) is 5.91 Å². The first-order chi connectivity index (χ1) is 9.25. The minimum atomic E-state index is -1.12. The molecule has 5 nitrogen and oxygen atoms in total. The van der Waals surface area contributed by atoms with E-state index in [2.05, 4.69) is 5.32 Å². The van der Waals surface area contributed by atoms with Gasteiger partial charge in [-0.2, -0.15) is 0 Å². The summed E-state index contributed by atoms with van der Waals surface area (Å²) in [6.07, 6.45) is 0. The zero-order valence-corrected chi connectivity index (χ0v) is 12.4. The maximum absolute atomic E-state index is 12.1. The molecule has 1 unspecified atom stereocenters. The van der Waals surface area contributed by atoms with Crippen molar-refractivity contribution < 1.29 is 14.7 Å². The summed E-state index contributed by atoms with van der Waals surface area (Å²) in [5.74, 6) is -1.13. The molecule has 0 aliphatic carbocycles. The van der Waals surface area contributed by atoms with E-state index in [-0.39, 0.29) is 18.5 Å². The standard InChI is InChI=1S/C15H22N2O3/c1-11(12-8-6-5-7-9-12)17(4)13(18)10-16-15(2,3)14(19)20/h5-9,11,16H,10H2,1-4H3,(H,19,20). The van der Waals surface area contributed by atoms with Crippen molar-refractivity contribution in [2.24, 2.45) is 0 Å². The molecule has 0 aliphatic rings. The number of aliphatic carboxylic acids is 1. The molecule has 0 aliphatic heterocycles. The van der Waals surface area contributed by atoms with Crippen molar-refractivity contribution in [2.45, 2.75) is 32.4 Å². The second-order valence-corrected chi connectivity index (χ2v) is 5.38. The van der Waals surface area contributed by atoms with E-state index in [4.69, 9.17) is 5.11 Å². The second-order valence-electron chi connectivity index (χ2n) is 5.38. The Bertz CT molecular complexity index is 471. The lowest BCUT2D eigenvalue weighted by atomic mass is 10.1. The third-order valence-electron chi connectivity index (χ3n) is 3.47. The highest BCUT2D eigenvalue weighted by Crippen LogP contribution is 2.18. The number of amides is 1. The number of nitrogens with zero attached hydrogens (tertiary/aromatic N) is 1. The fraction of sp³-hybridized carbons (Fsp3) is 0.467. The molecule has 0 saturated carbocycles. The summed E-state index contributed by atoms with van der Waals surface area (Å²) in [6.45, 7) is 5.00. The minimum Gasteiger partial charge on any atom is -0.480 e. The highest BCUT2D eigenvalue weighted by Gasteiger charge is 2.28. The predicted octanol–water partition coefficient (Wildman–Crippen LogP) is 1.66. The molecule has 1 aromatic rings. The highest BCUT2D eigenvalue weighted by molar-refractivity contribution is 5.81. The SMILES string of the molecule is CC(c1ccccc1)N(C)C(=O)CNC(C)(C)C(=O)O. The number of likely N-dealkylation sites (N-methyl/N-ethyl adjacent to an activating group) is 1. The monoisotopic (exact) mass is 278 g/mol. The molecule has 1 aromatic carbocycles. The summed E-state index contributed by atoms with van der Waals surface area (Å²) in [7, 11) is 1.72. The van der Waals surface area contributed by atoms with Crippen molar-refractivity contribution in [2.75, 3.05) is 13.6 Å². The molecule has 0 radical (unpaired) electrons. The average molecular weight is 278 g/mol. The maximum Gasteiger partial charge on any atom is 0.323 e. The van der Waals surface area contributed by atoms with Crippen LogP contribution in [-0.4, -0.2) is 41.0 Å².